The molecule has 3 rings (SSSR count). The molecule has 0 saturated heterocycles. The average molecular weight is 244 g/mol. The molecular weight excluding hydrogens is 228 g/mol. The smallest absolute Gasteiger partial charge is 0.140 e. The lowest BCUT2D eigenvalue weighted by Gasteiger charge is -2.23. The van der Waals surface area contributed by atoms with Gasteiger partial charge in [-0.25, -0.2) is 9.97 Å². The van der Waals surface area contributed by atoms with Crippen molar-refractivity contribution in [2.45, 2.75) is 18.9 Å². The summed E-state index contributed by atoms with van der Waals surface area (Å²) < 4.78 is 0. The van der Waals surface area contributed by atoms with E-state index in [1.54, 1.807) is 6.33 Å². The zero-order valence-electron chi connectivity index (χ0n) is 10.1. The van der Waals surface area contributed by atoms with Crippen LogP contribution in [0.4, 0.5) is 11.5 Å². The summed E-state index contributed by atoms with van der Waals surface area (Å²) in [5, 5.41) is 10.2. The Hall–Kier alpha value is -1.88. The molecule has 1 aromatic carbocycles. The molecule has 0 unspecified atom stereocenters. The van der Waals surface area contributed by atoms with Crippen LogP contribution in [-0.4, -0.2) is 34.3 Å². The minimum absolute atomic E-state index is 0.136. The van der Waals surface area contributed by atoms with Crippen LogP contribution in [0.3, 0.4) is 0 Å². The molecule has 5 heteroatoms. The molecule has 0 amide bonds. The molecule has 0 bridgehead atoms. The van der Waals surface area contributed by atoms with Crippen molar-refractivity contribution in [3.05, 3.63) is 24.5 Å². The molecule has 0 radical (unpaired) electrons. The third-order valence-corrected chi connectivity index (χ3v) is 3.24. The number of aliphatic hydroxyl groups is 1. The van der Waals surface area contributed by atoms with Crippen molar-refractivity contribution in [3.63, 3.8) is 0 Å². The highest BCUT2D eigenvalue weighted by atomic mass is 16.3. The number of benzene rings is 1. The molecular formula is C13H16N4O. The molecule has 0 atom stereocenters. The van der Waals surface area contributed by atoms with E-state index in [1.165, 1.54) is 12.8 Å². The van der Waals surface area contributed by atoms with Gasteiger partial charge in [-0.2, -0.15) is 0 Å². The van der Waals surface area contributed by atoms with Gasteiger partial charge in [0.2, 0.25) is 0 Å². The van der Waals surface area contributed by atoms with Gasteiger partial charge in [-0.3, -0.25) is 0 Å². The van der Waals surface area contributed by atoms with Crippen LogP contribution >= 0.6 is 0 Å². The molecule has 0 spiro atoms. The lowest BCUT2D eigenvalue weighted by atomic mass is 10.2. The van der Waals surface area contributed by atoms with Crippen LogP contribution in [0.1, 0.15) is 12.8 Å². The Morgan fingerprint density at radius 3 is 2.89 bits per heavy atom. The van der Waals surface area contributed by atoms with Gasteiger partial charge in [-0.05, 0) is 31.0 Å². The van der Waals surface area contributed by atoms with Crippen LogP contribution in [-0.2, 0) is 0 Å². The second-order valence-electron chi connectivity index (χ2n) is 4.62. The minimum Gasteiger partial charge on any atom is -0.399 e. The lowest BCUT2D eigenvalue weighted by molar-refractivity contribution is 0.301. The largest absolute Gasteiger partial charge is 0.399 e. The molecule has 94 valence electrons. The highest BCUT2D eigenvalue weighted by Gasteiger charge is 2.30. The summed E-state index contributed by atoms with van der Waals surface area (Å²) in [6, 6.07) is 6.17. The van der Waals surface area contributed by atoms with Gasteiger partial charge in [0.15, 0.2) is 0 Å². The monoisotopic (exact) mass is 244 g/mol. The van der Waals surface area contributed by atoms with Gasteiger partial charge in [-0.15, -0.1) is 0 Å². The predicted molar refractivity (Wildman–Crippen MR) is 71.4 cm³/mol. The fourth-order valence-corrected chi connectivity index (χ4v) is 2.24. The summed E-state index contributed by atoms with van der Waals surface area (Å²) in [6.07, 6.45) is 3.89. The van der Waals surface area contributed by atoms with Gasteiger partial charge in [0.05, 0.1) is 12.1 Å². The van der Waals surface area contributed by atoms with Crippen LogP contribution in [0, 0.1) is 0 Å². The van der Waals surface area contributed by atoms with E-state index in [0.29, 0.717) is 18.3 Å². The number of anilines is 2. The minimum atomic E-state index is 0.136. The van der Waals surface area contributed by atoms with E-state index in [4.69, 9.17) is 5.73 Å². The summed E-state index contributed by atoms with van der Waals surface area (Å²) in [5.74, 6) is 0.900. The fourth-order valence-electron chi connectivity index (χ4n) is 2.24. The number of hydrogen-bond donors (Lipinski definition) is 2. The Bertz CT molecular complexity index is 568. The van der Waals surface area contributed by atoms with Gasteiger partial charge in [0.25, 0.3) is 0 Å². The van der Waals surface area contributed by atoms with Crippen molar-refractivity contribution in [2.75, 3.05) is 23.8 Å². The second kappa shape index (κ2) is 4.42. The number of nitrogens with two attached hydrogens (primary N) is 1. The Morgan fingerprint density at radius 1 is 1.33 bits per heavy atom. The number of hydrogen-bond acceptors (Lipinski definition) is 5. The fraction of sp³-hybridized carbons (Fsp3) is 0.385. The van der Waals surface area contributed by atoms with Crippen molar-refractivity contribution in [2.24, 2.45) is 0 Å². The van der Waals surface area contributed by atoms with E-state index in [2.05, 4.69) is 14.9 Å². The van der Waals surface area contributed by atoms with E-state index in [9.17, 15) is 5.11 Å². The normalized spacial score (nSPS) is 14.9. The first kappa shape index (κ1) is 11.2. The van der Waals surface area contributed by atoms with Crippen molar-refractivity contribution in [1.29, 1.82) is 0 Å². The molecule has 1 aliphatic rings. The Labute approximate surface area is 105 Å². The van der Waals surface area contributed by atoms with Crippen molar-refractivity contribution < 1.29 is 5.11 Å². The molecule has 3 N–H and O–H groups in total. The topological polar surface area (TPSA) is 75.3 Å². The van der Waals surface area contributed by atoms with E-state index >= 15 is 0 Å². The summed E-state index contributed by atoms with van der Waals surface area (Å²) in [7, 11) is 0. The molecule has 1 fully saturated rings. The number of rotatable bonds is 4. The third-order valence-electron chi connectivity index (χ3n) is 3.24. The number of aliphatic hydroxyl groups excluding tert-OH is 1. The maximum absolute atomic E-state index is 9.19. The molecule has 1 saturated carbocycles. The van der Waals surface area contributed by atoms with E-state index in [0.717, 1.165) is 16.7 Å². The predicted octanol–water partition coefficient (Wildman–Crippen LogP) is 1.17. The molecule has 1 aromatic heterocycles. The number of nitrogens with zero attached hydrogens (tertiary/aromatic N) is 3. The second-order valence-corrected chi connectivity index (χ2v) is 4.62. The highest BCUT2D eigenvalue weighted by Crippen LogP contribution is 2.33. The van der Waals surface area contributed by atoms with Gasteiger partial charge < -0.3 is 15.7 Å². The van der Waals surface area contributed by atoms with Crippen LogP contribution < -0.4 is 10.6 Å². The Balaban J connectivity index is 2.09. The van der Waals surface area contributed by atoms with Crippen molar-refractivity contribution in [3.8, 4) is 0 Å². The summed E-state index contributed by atoms with van der Waals surface area (Å²) >= 11 is 0. The number of fused-ring (bicyclic) bond motifs is 1. The molecule has 5 nitrogen and oxygen atoms in total. The molecule has 2 aromatic rings. The Morgan fingerprint density at radius 2 is 2.17 bits per heavy atom. The van der Waals surface area contributed by atoms with Gasteiger partial charge >= 0.3 is 0 Å². The zero-order chi connectivity index (χ0) is 12.5. The van der Waals surface area contributed by atoms with Crippen molar-refractivity contribution in [1.82, 2.24) is 9.97 Å². The SMILES string of the molecule is Nc1ccc2c(N(CCO)C3CC3)ncnc2c1. The zero-order valence-corrected chi connectivity index (χ0v) is 10.1. The van der Waals surface area contributed by atoms with E-state index < -0.39 is 0 Å². The Kier molecular flexibility index (Phi) is 2.76. The van der Waals surface area contributed by atoms with E-state index in [-0.39, 0.29) is 6.61 Å². The van der Waals surface area contributed by atoms with Gasteiger partial charge in [0, 0.05) is 23.7 Å². The quantitative estimate of drug-likeness (QED) is 0.790. The molecule has 1 heterocycles. The van der Waals surface area contributed by atoms with Crippen molar-refractivity contribution >= 4 is 22.4 Å². The lowest BCUT2D eigenvalue weighted by Crippen LogP contribution is -2.29. The van der Waals surface area contributed by atoms with Gasteiger partial charge in [-0.1, -0.05) is 0 Å². The number of nitrogen functional groups attached to an aromatic ring is 1. The summed E-state index contributed by atoms with van der Waals surface area (Å²) in [4.78, 5) is 10.8. The van der Waals surface area contributed by atoms with Crippen LogP contribution in [0.5, 0.6) is 0 Å². The first-order chi connectivity index (χ1) is 8.79. The standard InChI is InChI=1S/C13H16N4O/c14-9-1-4-11-12(7-9)15-8-16-13(11)17(5-6-18)10-2-3-10/h1,4,7-8,10,18H,2-3,5-6,14H2. The molecule has 1 aliphatic carbocycles. The maximum Gasteiger partial charge on any atom is 0.140 e. The van der Waals surface area contributed by atoms with E-state index in [1.807, 2.05) is 18.2 Å². The van der Waals surface area contributed by atoms with Crippen LogP contribution in [0.15, 0.2) is 24.5 Å². The first-order valence-electron chi connectivity index (χ1n) is 6.17. The molecule has 0 aliphatic heterocycles. The van der Waals surface area contributed by atoms with Crippen LogP contribution in [0.2, 0.25) is 0 Å². The summed E-state index contributed by atoms with van der Waals surface area (Å²) in [6.45, 7) is 0.748. The first-order valence-corrected chi connectivity index (χ1v) is 6.17. The van der Waals surface area contributed by atoms with Gasteiger partial charge in [0.1, 0.15) is 12.1 Å². The van der Waals surface area contributed by atoms with Crippen LogP contribution in [0.25, 0.3) is 10.9 Å². The summed E-state index contributed by atoms with van der Waals surface area (Å²) in [5.41, 5.74) is 7.32. The highest BCUT2D eigenvalue weighted by molar-refractivity contribution is 5.91. The third kappa shape index (κ3) is 1.97. The average Bonchev–Trinajstić information content (AvgIpc) is 3.19. The number of aromatic nitrogens is 2. The maximum atomic E-state index is 9.19. The molecule has 18 heavy (non-hydrogen) atoms.